The zero-order valence-electron chi connectivity index (χ0n) is 25.6. The first-order valence-electron chi connectivity index (χ1n) is 14.9. The van der Waals surface area contributed by atoms with Crippen LogP contribution in [0.25, 0.3) is 11.1 Å². The highest BCUT2D eigenvalue weighted by Crippen LogP contribution is 2.32. The predicted molar refractivity (Wildman–Crippen MR) is 178 cm³/mol. The van der Waals surface area contributed by atoms with Crippen LogP contribution in [-0.4, -0.2) is 68.1 Å². The van der Waals surface area contributed by atoms with Gasteiger partial charge >= 0.3 is 0 Å². The predicted octanol–water partition coefficient (Wildman–Crippen LogP) is 6.16. The number of ether oxygens (including phenoxy) is 1. The molecule has 0 aromatic heterocycles. The minimum Gasteiger partial charge on any atom is -0.488 e. The first-order chi connectivity index (χ1) is 21.5. The van der Waals surface area contributed by atoms with Crippen molar-refractivity contribution in [3.05, 3.63) is 113 Å². The summed E-state index contributed by atoms with van der Waals surface area (Å²) < 4.78 is 35.1. The van der Waals surface area contributed by atoms with Gasteiger partial charge in [0.25, 0.3) is 15.9 Å². The maximum atomic E-state index is 13.8. The number of nitrogens with zero attached hydrogens (tertiary/aromatic N) is 2. The highest BCUT2D eigenvalue weighted by Gasteiger charge is 2.33. The second kappa shape index (κ2) is 14.0. The number of hydrogen-bond donors (Lipinski definition) is 2. The van der Waals surface area contributed by atoms with Gasteiger partial charge in [-0.2, -0.15) is 0 Å². The van der Waals surface area contributed by atoms with E-state index in [0.29, 0.717) is 30.4 Å². The van der Waals surface area contributed by atoms with Gasteiger partial charge in [-0.15, -0.1) is 0 Å². The fourth-order valence-electron chi connectivity index (χ4n) is 5.45. The summed E-state index contributed by atoms with van der Waals surface area (Å²) in [6.07, 6.45) is -0.282. The summed E-state index contributed by atoms with van der Waals surface area (Å²) in [5.41, 5.74) is 3.94. The van der Waals surface area contributed by atoms with Crippen LogP contribution in [0.15, 0.2) is 102 Å². The summed E-state index contributed by atoms with van der Waals surface area (Å²) in [4.78, 5) is 17.7. The SMILES string of the molecule is C[C@@H]1CN([C@H](C)CO)C(=O)c2cc(NS(=O)(=O)c3ccc(Cl)cc3)ccc2O[C@@H]1CN(C)Cc1ccc(-c2ccccc2)cc1. The number of likely N-dealkylation sites (N-methyl/N-ethyl adjacent to an activating group) is 1. The van der Waals surface area contributed by atoms with Crippen LogP contribution in [0.3, 0.4) is 0 Å². The van der Waals surface area contributed by atoms with Crippen molar-refractivity contribution in [1.29, 1.82) is 0 Å². The molecule has 0 saturated carbocycles. The molecular formula is C35H38ClN3O5S. The number of halogens is 1. The lowest BCUT2D eigenvalue weighted by Crippen LogP contribution is -2.49. The number of carbonyl (C=O) groups is 1. The second-order valence-corrected chi connectivity index (χ2v) is 13.8. The summed E-state index contributed by atoms with van der Waals surface area (Å²) in [7, 11) is -1.89. The van der Waals surface area contributed by atoms with Crippen LogP contribution >= 0.6 is 11.6 Å². The average Bonchev–Trinajstić information content (AvgIpc) is 3.03. The number of hydrogen-bond acceptors (Lipinski definition) is 6. The molecule has 1 aliphatic rings. The van der Waals surface area contributed by atoms with Crippen molar-refractivity contribution in [2.45, 2.75) is 37.4 Å². The lowest BCUT2D eigenvalue weighted by Gasteiger charge is -2.38. The Kier molecular flexibility index (Phi) is 10.1. The Bertz CT molecular complexity index is 1720. The molecule has 236 valence electrons. The molecule has 10 heteroatoms. The van der Waals surface area contributed by atoms with E-state index >= 15 is 0 Å². The molecule has 0 fully saturated rings. The van der Waals surface area contributed by atoms with E-state index in [1.807, 2.05) is 32.2 Å². The number of sulfonamides is 1. The van der Waals surface area contributed by atoms with E-state index in [1.54, 1.807) is 24.0 Å². The lowest BCUT2D eigenvalue weighted by molar-refractivity contribution is 0.0341. The third kappa shape index (κ3) is 7.86. The minimum absolute atomic E-state index is 0.0448. The molecule has 8 nitrogen and oxygen atoms in total. The van der Waals surface area contributed by atoms with Gasteiger partial charge in [0.2, 0.25) is 0 Å². The van der Waals surface area contributed by atoms with E-state index in [-0.39, 0.29) is 40.7 Å². The van der Waals surface area contributed by atoms with Gasteiger partial charge in [-0.1, -0.05) is 73.1 Å². The highest BCUT2D eigenvalue weighted by atomic mass is 35.5. The fraction of sp³-hybridized carbons (Fsp3) is 0.286. The third-order valence-corrected chi connectivity index (χ3v) is 9.70. The normalized spacial score (nSPS) is 17.6. The quantitative estimate of drug-likeness (QED) is 0.214. The number of fused-ring (bicyclic) bond motifs is 1. The maximum absolute atomic E-state index is 13.8. The maximum Gasteiger partial charge on any atom is 0.261 e. The van der Waals surface area contributed by atoms with Crippen LogP contribution < -0.4 is 9.46 Å². The largest absolute Gasteiger partial charge is 0.488 e. The molecule has 2 N–H and O–H groups in total. The monoisotopic (exact) mass is 647 g/mol. The van der Waals surface area contributed by atoms with E-state index in [4.69, 9.17) is 16.3 Å². The first kappa shape index (κ1) is 32.5. The standard InChI is InChI=1S/C35H38ClN3O5S/c1-24-20-39(25(2)23-40)35(41)32-19-30(37-45(42,43)31-16-13-29(36)14-17-31)15-18-33(32)44-34(24)22-38(3)21-26-9-11-28(12-10-26)27-7-5-4-6-8-27/h4-19,24-25,34,37,40H,20-23H2,1-3H3/t24-,25-,34-/m1/s1. The number of anilines is 1. The molecule has 4 aromatic carbocycles. The van der Waals surface area contributed by atoms with Crippen molar-refractivity contribution >= 4 is 33.2 Å². The number of aliphatic hydroxyl groups is 1. The molecule has 1 heterocycles. The molecule has 0 bridgehead atoms. The summed E-state index contributed by atoms with van der Waals surface area (Å²) in [5, 5.41) is 10.4. The van der Waals surface area contributed by atoms with E-state index < -0.39 is 16.1 Å². The molecule has 0 unspecified atom stereocenters. The summed E-state index contributed by atoms with van der Waals surface area (Å²) in [6.45, 7) is 5.28. The average molecular weight is 648 g/mol. The number of nitrogens with one attached hydrogen (secondary N) is 1. The van der Waals surface area contributed by atoms with Crippen molar-refractivity contribution in [2.75, 3.05) is 31.5 Å². The Hall–Kier alpha value is -3.89. The van der Waals surface area contributed by atoms with Gasteiger partial charge in [-0.05, 0) is 73.1 Å². The van der Waals surface area contributed by atoms with Crippen LogP contribution in [0.5, 0.6) is 5.75 Å². The summed E-state index contributed by atoms with van der Waals surface area (Å²) in [6, 6.07) is 28.9. The van der Waals surface area contributed by atoms with E-state index in [0.717, 1.165) is 5.56 Å². The lowest BCUT2D eigenvalue weighted by atomic mass is 9.99. The summed E-state index contributed by atoms with van der Waals surface area (Å²) >= 11 is 5.93. The van der Waals surface area contributed by atoms with E-state index in [1.165, 1.54) is 41.5 Å². The Morgan fingerprint density at radius 2 is 1.67 bits per heavy atom. The van der Waals surface area contributed by atoms with Gasteiger partial charge in [0.15, 0.2) is 0 Å². The third-order valence-electron chi connectivity index (χ3n) is 8.05. The summed E-state index contributed by atoms with van der Waals surface area (Å²) in [5.74, 6) is -0.0277. The molecule has 4 aromatic rings. The minimum atomic E-state index is -3.93. The molecule has 45 heavy (non-hydrogen) atoms. The van der Waals surface area contributed by atoms with E-state index in [9.17, 15) is 18.3 Å². The van der Waals surface area contributed by atoms with Crippen molar-refractivity contribution in [3.63, 3.8) is 0 Å². The van der Waals surface area contributed by atoms with Gasteiger partial charge < -0.3 is 14.7 Å². The molecule has 0 saturated heterocycles. The molecule has 1 amide bonds. The Morgan fingerprint density at radius 1 is 1.00 bits per heavy atom. The zero-order valence-corrected chi connectivity index (χ0v) is 27.1. The van der Waals surface area contributed by atoms with Gasteiger partial charge in [-0.3, -0.25) is 14.4 Å². The number of rotatable bonds is 10. The smallest absolute Gasteiger partial charge is 0.261 e. The van der Waals surface area contributed by atoms with Crippen LogP contribution in [0.2, 0.25) is 5.02 Å². The fourth-order valence-corrected chi connectivity index (χ4v) is 6.62. The first-order valence-corrected chi connectivity index (χ1v) is 16.7. The van der Waals surface area contributed by atoms with Gasteiger partial charge in [0.05, 0.1) is 23.1 Å². The van der Waals surface area contributed by atoms with Crippen LogP contribution in [0.1, 0.15) is 29.8 Å². The Morgan fingerprint density at radius 3 is 2.33 bits per heavy atom. The molecular weight excluding hydrogens is 610 g/mol. The highest BCUT2D eigenvalue weighted by molar-refractivity contribution is 7.92. The van der Waals surface area contributed by atoms with E-state index in [2.05, 4.69) is 46.0 Å². The second-order valence-electron chi connectivity index (χ2n) is 11.7. The topological polar surface area (TPSA) is 99.2 Å². The molecule has 5 rings (SSSR count). The van der Waals surface area contributed by atoms with Crippen molar-refractivity contribution in [3.8, 4) is 16.9 Å². The van der Waals surface area contributed by atoms with Gasteiger partial charge in [0.1, 0.15) is 11.9 Å². The Balaban J connectivity index is 1.36. The van der Waals surface area contributed by atoms with Gasteiger partial charge in [-0.25, -0.2) is 8.42 Å². The molecule has 1 aliphatic heterocycles. The molecule has 0 aliphatic carbocycles. The zero-order chi connectivity index (χ0) is 32.1. The van der Waals surface area contributed by atoms with Crippen LogP contribution in [-0.2, 0) is 16.6 Å². The number of aliphatic hydroxyl groups excluding tert-OH is 1. The number of benzene rings is 4. The van der Waals surface area contributed by atoms with Crippen LogP contribution in [0.4, 0.5) is 5.69 Å². The molecule has 0 radical (unpaired) electrons. The number of carbonyl (C=O) groups excluding carboxylic acids is 1. The van der Waals surface area contributed by atoms with Gasteiger partial charge in [0, 0.05) is 36.3 Å². The molecule has 3 atom stereocenters. The van der Waals surface area contributed by atoms with Crippen molar-refractivity contribution < 1.29 is 23.1 Å². The Labute approximate surface area is 270 Å². The van der Waals surface area contributed by atoms with Crippen molar-refractivity contribution in [1.82, 2.24) is 9.80 Å². The molecule has 0 spiro atoms. The van der Waals surface area contributed by atoms with Crippen molar-refractivity contribution in [2.24, 2.45) is 5.92 Å². The van der Waals surface area contributed by atoms with Crippen LogP contribution in [0, 0.1) is 5.92 Å². The number of amides is 1.